The van der Waals surface area contributed by atoms with Gasteiger partial charge in [0.2, 0.25) is 0 Å². The van der Waals surface area contributed by atoms with Crippen LogP contribution < -0.4 is 11.5 Å². The molecule has 0 saturated carbocycles. The van der Waals surface area contributed by atoms with Crippen molar-refractivity contribution in [3.05, 3.63) is 42.0 Å². The predicted molar refractivity (Wildman–Crippen MR) is 61.0 cm³/mol. The van der Waals surface area contributed by atoms with Gasteiger partial charge in [0.15, 0.2) is 0 Å². The van der Waals surface area contributed by atoms with Crippen molar-refractivity contribution < 1.29 is 0 Å². The average molecular weight is 186 g/mol. The molecule has 0 spiro atoms. The molecule has 4 N–H and O–H groups in total. The van der Waals surface area contributed by atoms with E-state index in [1.807, 2.05) is 31.2 Å². The van der Waals surface area contributed by atoms with Gasteiger partial charge in [-0.2, -0.15) is 0 Å². The van der Waals surface area contributed by atoms with E-state index in [2.05, 4.69) is 12.1 Å². The largest absolute Gasteiger partial charge is 0.399 e. The number of anilines is 1. The molecule has 0 aliphatic rings. The van der Waals surface area contributed by atoms with Crippen molar-refractivity contribution in [2.75, 3.05) is 5.73 Å². The van der Waals surface area contributed by atoms with Crippen LogP contribution in [-0.4, -0.2) is 0 Å². The van der Waals surface area contributed by atoms with E-state index in [-0.39, 0.29) is 6.04 Å². The molecular formula is C12H14N2. The summed E-state index contributed by atoms with van der Waals surface area (Å²) in [7, 11) is 0. The normalized spacial score (nSPS) is 13.0. The fourth-order valence-corrected chi connectivity index (χ4v) is 1.74. The van der Waals surface area contributed by atoms with Crippen LogP contribution in [0.1, 0.15) is 18.5 Å². The molecule has 2 rings (SSSR count). The van der Waals surface area contributed by atoms with Gasteiger partial charge in [-0.15, -0.1) is 0 Å². The minimum absolute atomic E-state index is 0.0170. The number of rotatable bonds is 1. The first-order valence-corrected chi connectivity index (χ1v) is 4.72. The Labute approximate surface area is 83.5 Å². The van der Waals surface area contributed by atoms with Gasteiger partial charge in [0.25, 0.3) is 0 Å². The fraction of sp³-hybridized carbons (Fsp3) is 0.167. The van der Waals surface area contributed by atoms with E-state index < -0.39 is 0 Å². The average Bonchev–Trinajstić information content (AvgIpc) is 2.16. The molecule has 1 atom stereocenters. The van der Waals surface area contributed by atoms with Gasteiger partial charge in [-0.1, -0.05) is 24.3 Å². The molecule has 1 unspecified atom stereocenters. The van der Waals surface area contributed by atoms with Crippen molar-refractivity contribution in [3.63, 3.8) is 0 Å². The van der Waals surface area contributed by atoms with Crippen molar-refractivity contribution in [1.82, 2.24) is 0 Å². The number of fused-ring (bicyclic) bond motifs is 1. The second-order valence-corrected chi connectivity index (χ2v) is 3.62. The fourth-order valence-electron chi connectivity index (χ4n) is 1.74. The molecule has 2 nitrogen and oxygen atoms in total. The SMILES string of the molecule is CC(N)c1cc(N)cc2ccccc12. The molecule has 0 aliphatic heterocycles. The third-order valence-corrected chi connectivity index (χ3v) is 2.41. The third kappa shape index (κ3) is 1.44. The lowest BCUT2D eigenvalue weighted by Crippen LogP contribution is -2.06. The van der Waals surface area contributed by atoms with Gasteiger partial charge in [0.05, 0.1) is 0 Å². The maximum atomic E-state index is 5.89. The maximum absolute atomic E-state index is 5.89. The summed E-state index contributed by atoms with van der Waals surface area (Å²) in [4.78, 5) is 0. The van der Waals surface area contributed by atoms with E-state index in [4.69, 9.17) is 11.5 Å². The summed E-state index contributed by atoms with van der Waals surface area (Å²) in [5.74, 6) is 0. The number of nitrogen functional groups attached to an aromatic ring is 1. The zero-order valence-electron chi connectivity index (χ0n) is 8.20. The molecule has 0 radical (unpaired) electrons. The first-order valence-electron chi connectivity index (χ1n) is 4.72. The standard InChI is InChI=1S/C12H14N2/c1-8(13)12-7-10(14)6-9-4-2-3-5-11(9)12/h2-8H,13-14H2,1H3. The summed E-state index contributed by atoms with van der Waals surface area (Å²) in [5.41, 5.74) is 13.6. The van der Waals surface area contributed by atoms with Crippen LogP contribution in [0.15, 0.2) is 36.4 Å². The molecule has 0 heterocycles. The second-order valence-electron chi connectivity index (χ2n) is 3.62. The summed E-state index contributed by atoms with van der Waals surface area (Å²) < 4.78 is 0. The zero-order chi connectivity index (χ0) is 10.1. The van der Waals surface area contributed by atoms with Gasteiger partial charge in [-0.05, 0) is 35.4 Å². The number of hydrogen-bond donors (Lipinski definition) is 2. The lowest BCUT2D eigenvalue weighted by atomic mass is 9.99. The van der Waals surface area contributed by atoms with Gasteiger partial charge in [0, 0.05) is 11.7 Å². The molecule has 0 aliphatic carbocycles. The van der Waals surface area contributed by atoms with E-state index in [1.165, 1.54) is 5.39 Å². The van der Waals surface area contributed by atoms with Crippen molar-refractivity contribution in [1.29, 1.82) is 0 Å². The first-order chi connectivity index (χ1) is 6.68. The van der Waals surface area contributed by atoms with Crippen LogP contribution in [0.5, 0.6) is 0 Å². The lowest BCUT2D eigenvalue weighted by molar-refractivity contribution is 0.827. The second kappa shape index (κ2) is 3.31. The molecule has 72 valence electrons. The van der Waals surface area contributed by atoms with Gasteiger partial charge >= 0.3 is 0 Å². The molecule has 0 aromatic heterocycles. The number of hydrogen-bond acceptors (Lipinski definition) is 2. The molecule has 2 heteroatoms. The minimum Gasteiger partial charge on any atom is -0.399 e. The van der Waals surface area contributed by atoms with E-state index in [0.29, 0.717) is 0 Å². The van der Waals surface area contributed by atoms with Crippen LogP contribution >= 0.6 is 0 Å². The Hall–Kier alpha value is -1.54. The van der Waals surface area contributed by atoms with Gasteiger partial charge in [-0.3, -0.25) is 0 Å². The smallest absolute Gasteiger partial charge is 0.0323 e. The maximum Gasteiger partial charge on any atom is 0.0323 e. The number of benzene rings is 2. The Kier molecular flexibility index (Phi) is 2.14. The Morgan fingerprint density at radius 2 is 1.86 bits per heavy atom. The monoisotopic (exact) mass is 186 g/mol. The summed E-state index contributed by atoms with van der Waals surface area (Å²) in [6.45, 7) is 1.97. The molecule has 0 amide bonds. The van der Waals surface area contributed by atoms with Gasteiger partial charge < -0.3 is 11.5 Å². The lowest BCUT2D eigenvalue weighted by Gasteiger charge is -2.11. The van der Waals surface area contributed by atoms with Crippen LogP contribution in [0.3, 0.4) is 0 Å². The van der Waals surface area contributed by atoms with Gasteiger partial charge in [0.1, 0.15) is 0 Å². The number of nitrogens with two attached hydrogens (primary N) is 2. The Morgan fingerprint density at radius 3 is 2.57 bits per heavy atom. The molecule has 0 saturated heterocycles. The Bertz CT molecular complexity index is 461. The van der Waals surface area contributed by atoms with Crippen LogP contribution in [0, 0.1) is 0 Å². The molecular weight excluding hydrogens is 172 g/mol. The summed E-state index contributed by atoms with van der Waals surface area (Å²) in [5, 5.41) is 2.34. The molecule has 0 bridgehead atoms. The zero-order valence-corrected chi connectivity index (χ0v) is 8.20. The molecule has 14 heavy (non-hydrogen) atoms. The minimum atomic E-state index is 0.0170. The molecule has 2 aromatic rings. The highest BCUT2D eigenvalue weighted by atomic mass is 14.6. The van der Waals surface area contributed by atoms with Crippen LogP contribution in [0.25, 0.3) is 10.8 Å². The summed E-state index contributed by atoms with van der Waals surface area (Å²) in [6, 6.07) is 12.1. The topological polar surface area (TPSA) is 52.0 Å². The third-order valence-electron chi connectivity index (χ3n) is 2.41. The predicted octanol–water partition coefficient (Wildman–Crippen LogP) is 2.44. The van der Waals surface area contributed by atoms with Crippen LogP contribution in [0.2, 0.25) is 0 Å². The van der Waals surface area contributed by atoms with Crippen molar-refractivity contribution in [2.45, 2.75) is 13.0 Å². The van der Waals surface area contributed by atoms with E-state index >= 15 is 0 Å². The van der Waals surface area contributed by atoms with E-state index in [9.17, 15) is 0 Å². The van der Waals surface area contributed by atoms with Gasteiger partial charge in [-0.25, -0.2) is 0 Å². The summed E-state index contributed by atoms with van der Waals surface area (Å²) >= 11 is 0. The van der Waals surface area contributed by atoms with Crippen molar-refractivity contribution >= 4 is 16.5 Å². The van der Waals surface area contributed by atoms with Crippen LogP contribution in [0.4, 0.5) is 5.69 Å². The highest BCUT2D eigenvalue weighted by molar-refractivity contribution is 5.89. The van der Waals surface area contributed by atoms with E-state index in [1.54, 1.807) is 0 Å². The summed E-state index contributed by atoms with van der Waals surface area (Å²) in [6.07, 6.45) is 0. The molecule has 2 aromatic carbocycles. The van der Waals surface area contributed by atoms with E-state index in [0.717, 1.165) is 16.6 Å². The Balaban J connectivity index is 2.80. The highest BCUT2D eigenvalue weighted by Crippen LogP contribution is 2.25. The Morgan fingerprint density at radius 1 is 1.14 bits per heavy atom. The van der Waals surface area contributed by atoms with Crippen LogP contribution in [-0.2, 0) is 0 Å². The quantitative estimate of drug-likeness (QED) is 0.672. The highest BCUT2D eigenvalue weighted by Gasteiger charge is 2.05. The first kappa shape index (κ1) is 9.03. The van der Waals surface area contributed by atoms with Crippen molar-refractivity contribution in [2.24, 2.45) is 5.73 Å². The molecule has 0 fully saturated rings. The van der Waals surface area contributed by atoms with Crippen molar-refractivity contribution in [3.8, 4) is 0 Å².